The molecule has 3 N–H and O–H groups in total. The van der Waals surface area contributed by atoms with Crippen LogP contribution in [0.3, 0.4) is 0 Å². The monoisotopic (exact) mass is 305 g/mol. The van der Waals surface area contributed by atoms with Gasteiger partial charge in [0.2, 0.25) is 0 Å². The van der Waals surface area contributed by atoms with Gasteiger partial charge in [0.05, 0.1) is 12.8 Å². The van der Waals surface area contributed by atoms with Crippen LogP contribution in [0.5, 0.6) is 5.75 Å². The molecule has 2 aromatic rings. The Kier molecular flexibility index (Phi) is 5.82. The third-order valence-electron chi connectivity index (χ3n) is 3.02. The van der Waals surface area contributed by atoms with E-state index < -0.39 is 5.82 Å². The van der Waals surface area contributed by atoms with Crippen LogP contribution in [0.2, 0.25) is 0 Å². The maximum atomic E-state index is 13.3. The molecule has 0 aliphatic heterocycles. The Labute approximate surface area is 128 Å². The van der Waals surface area contributed by atoms with E-state index in [9.17, 15) is 4.39 Å². The van der Waals surface area contributed by atoms with Crippen LogP contribution in [0.25, 0.3) is 0 Å². The minimum absolute atomic E-state index is 0.327. The highest BCUT2D eigenvalue weighted by molar-refractivity contribution is 5.79. The molecule has 1 aromatic carbocycles. The van der Waals surface area contributed by atoms with Crippen LogP contribution < -0.4 is 10.6 Å². The van der Waals surface area contributed by atoms with Gasteiger partial charge in [-0.05, 0) is 36.8 Å². The summed E-state index contributed by atoms with van der Waals surface area (Å²) in [6.07, 6.45) is 2.40. The minimum atomic E-state index is -0.636. The van der Waals surface area contributed by atoms with Crippen LogP contribution in [0, 0.1) is 5.82 Å². The van der Waals surface area contributed by atoms with Crippen molar-refractivity contribution >= 4 is 5.96 Å². The van der Waals surface area contributed by atoms with Crippen molar-refractivity contribution < 1.29 is 13.9 Å². The predicted octanol–water partition coefficient (Wildman–Crippen LogP) is 2.42. The van der Waals surface area contributed by atoms with Crippen LogP contribution in [-0.4, -0.2) is 24.2 Å². The van der Waals surface area contributed by atoms with Crippen molar-refractivity contribution in [3.05, 3.63) is 53.7 Å². The van der Waals surface area contributed by atoms with Gasteiger partial charge in [-0.15, -0.1) is 0 Å². The molecule has 1 aromatic heterocycles. The number of guanidine groups is 1. The summed E-state index contributed by atoms with van der Waals surface area (Å²) >= 11 is 0. The number of nitrogens with one attached hydrogen (secondary N) is 2. The molecule has 22 heavy (non-hydrogen) atoms. The zero-order valence-electron chi connectivity index (χ0n) is 12.5. The number of hydrogen-bond acceptors (Lipinski definition) is 3. The predicted molar refractivity (Wildman–Crippen MR) is 83.3 cm³/mol. The van der Waals surface area contributed by atoms with Gasteiger partial charge in [-0.3, -0.25) is 0 Å². The molecule has 0 bridgehead atoms. The Morgan fingerprint density at radius 2 is 2.18 bits per heavy atom. The zero-order chi connectivity index (χ0) is 15.8. The van der Waals surface area contributed by atoms with Gasteiger partial charge in [0, 0.05) is 19.5 Å². The highest BCUT2D eigenvalue weighted by atomic mass is 19.1. The summed E-state index contributed by atoms with van der Waals surface area (Å²) in [7, 11) is 0. The van der Waals surface area contributed by atoms with Crippen molar-refractivity contribution in [2.24, 2.45) is 4.99 Å². The van der Waals surface area contributed by atoms with Gasteiger partial charge in [0.15, 0.2) is 17.5 Å². The summed E-state index contributed by atoms with van der Waals surface area (Å²) in [6, 6.07) is 8.04. The number of phenolic OH excluding ortho intramolecular Hbond substituents is 1. The number of halogens is 1. The first-order valence-electron chi connectivity index (χ1n) is 7.21. The molecule has 0 unspecified atom stereocenters. The Morgan fingerprint density at radius 3 is 2.86 bits per heavy atom. The van der Waals surface area contributed by atoms with Crippen molar-refractivity contribution in [3.8, 4) is 5.75 Å². The molecule has 5 nitrogen and oxygen atoms in total. The maximum absolute atomic E-state index is 13.3. The molecule has 118 valence electrons. The van der Waals surface area contributed by atoms with E-state index in [-0.39, 0.29) is 5.75 Å². The third kappa shape index (κ3) is 4.80. The van der Waals surface area contributed by atoms with Crippen molar-refractivity contribution in [3.63, 3.8) is 0 Å². The van der Waals surface area contributed by atoms with Gasteiger partial charge in [0.25, 0.3) is 0 Å². The van der Waals surface area contributed by atoms with Gasteiger partial charge < -0.3 is 20.2 Å². The number of benzene rings is 1. The zero-order valence-corrected chi connectivity index (χ0v) is 12.5. The molecule has 0 radical (unpaired) electrons. The summed E-state index contributed by atoms with van der Waals surface area (Å²) in [5.41, 5.74) is 0.693. The number of furan rings is 1. The summed E-state index contributed by atoms with van der Waals surface area (Å²) in [5.74, 6) is 0.575. The summed E-state index contributed by atoms with van der Waals surface area (Å²) in [5, 5.41) is 15.5. The van der Waals surface area contributed by atoms with E-state index in [1.165, 1.54) is 12.1 Å². The summed E-state index contributed by atoms with van der Waals surface area (Å²) in [4.78, 5) is 4.39. The lowest BCUT2D eigenvalue weighted by molar-refractivity contribution is 0.432. The van der Waals surface area contributed by atoms with Crippen LogP contribution >= 0.6 is 0 Å². The Hall–Kier alpha value is -2.50. The first kappa shape index (κ1) is 15.9. The van der Waals surface area contributed by atoms with Gasteiger partial charge in [-0.1, -0.05) is 6.07 Å². The number of nitrogens with zero attached hydrogens (tertiary/aromatic N) is 1. The molecular formula is C16H20FN3O2. The fraction of sp³-hybridized carbons (Fsp3) is 0.312. The first-order chi connectivity index (χ1) is 10.7. The average Bonchev–Trinajstić information content (AvgIpc) is 3.01. The molecule has 0 amide bonds. The molecule has 0 aliphatic rings. The average molecular weight is 305 g/mol. The van der Waals surface area contributed by atoms with E-state index in [1.54, 1.807) is 12.3 Å². The van der Waals surface area contributed by atoms with E-state index in [0.717, 1.165) is 18.7 Å². The highest BCUT2D eigenvalue weighted by Gasteiger charge is 2.03. The number of rotatable bonds is 6. The molecule has 0 spiro atoms. The normalized spacial score (nSPS) is 11.5. The molecule has 1 heterocycles. The maximum Gasteiger partial charge on any atom is 0.191 e. The van der Waals surface area contributed by atoms with Gasteiger partial charge >= 0.3 is 0 Å². The fourth-order valence-electron chi connectivity index (χ4n) is 1.92. The molecule has 0 saturated carbocycles. The van der Waals surface area contributed by atoms with Gasteiger partial charge in [-0.25, -0.2) is 9.38 Å². The molecule has 0 atom stereocenters. The lowest BCUT2D eigenvalue weighted by atomic mass is 10.2. The van der Waals surface area contributed by atoms with Crippen molar-refractivity contribution in [2.75, 3.05) is 13.1 Å². The topological polar surface area (TPSA) is 69.8 Å². The smallest absolute Gasteiger partial charge is 0.191 e. The lowest BCUT2D eigenvalue weighted by Gasteiger charge is -2.10. The first-order valence-corrected chi connectivity index (χ1v) is 7.21. The van der Waals surface area contributed by atoms with Crippen LogP contribution in [-0.2, 0) is 13.0 Å². The lowest BCUT2D eigenvalue weighted by Crippen LogP contribution is -2.38. The van der Waals surface area contributed by atoms with Gasteiger partial charge in [-0.2, -0.15) is 0 Å². The summed E-state index contributed by atoms with van der Waals surface area (Å²) < 4.78 is 18.5. The highest BCUT2D eigenvalue weighted by Crippen LogP contribution is 2.16. The van der Waals surface area contributed by atoms with Crippen LogP contribution in [0.1, 0.15) is 18.2 Å². The molecule has 0 fully saturated rings. The number of aromatic hydroxyl groups is 1. The quantitative estimate of drug-likeness (QED) is 0.566. The Morgan fingerprint density at radius 1 is 1.32 bits per heavy atom. The second-order valence-corrected chi connectivity index (χ2v) is 4.74. The van der Waals surface area contributed by atoms with E-state index in [0.29, 0.717) is 24.6 Å². The fourth-order valence-corrected chi connectivity index (χ4v) is 1.92. The Balaban J connectivity index is 1.89. The number of phenols is 1. The largest absolute Gasteiger partial charge is 0.505 e. The molecule has 6 heteroatoms. The number of hydrogen-bond donors (Lipinski definition) is 3. The second-order valence-electron chi connectivity index (χ2n) is 4.74. The van der Waals surface area contributed by atoms with Crippen molar-refractivity contribution in [2.45, 2.75) is 19.9 Å². The minimum Gasteiger partial charge on any atom is -0.505 e. The molecule has 0 saturated heterocycles. The van der Waals surface area contributed by atoms with E-state index in [4.69, 9.17) is 9.52 Å². The third-order valence-corrected chi connectivity index (χ3v) is 3.02. The molecular weight excluding hydrogens is 285 g/mol. The second kappa shape index (κ2) is 8.07. The Bertz CT molecular complexity index is 612. The van der Waals surface area contributed by atoms with Gasteiger partial charge in [0.1, 0.15) is 5.76 Å². The molecule has 2 rings (SSSR count). The van der Waals surface area contributed by atoms with E-state index in [2.05, 4.69) is 15.6 Å². The van der Waals surface area contributed by atoms with E-state index in [1.807, 2.05) is 19.1 Å². The number of aliphatic imine (C=N–C) groups is 1. The van der Waals surface area contributed by atoms with Crippen LogP contribution in [0.4, 0.5) is 4.39 Å². The standard InChI is InChI=1S/C16H20FN3O2/c1-2-18-16(19-8-7-13-4-3-9-22-13)20-11-12-5-6-15(21)14(17)10-12/h3-6,9-10,21H,2,7-8,11H2,1H3,(H2,18,19,20). The summed E-state index contributed by atoms with van der Waals surface area (Å²) in [6.45, 7) is 3.72. The van der Waals surface area contributed by atoms with Crippen molar-refractivity contribution in [1.29, 1.82) is 0 Å². The van der Waals surface area contributed by atoms with Crippen LogP contribution in [0.15, 0.2) is 46.0 Å². The van der Waals surface area contributed by atoms with Crippen molar-refractivity contribution in [1.82, 2.24) is 10.6 Å². The van der Waals surface area contributed by atoms with E-state index >= 15 is 0 Å². The SMILES string of the molecule is CCNC(=NCc1ccc(O)c(F)c1)NCCc1ccco1. The molecule has 0 aliphatic carbocycles.